The number of nitrogen functional groups attached to an aromatic ring is 1. The van der Waals surface area contributed by atoms with E-state index in [0.717, 1.165) is 32.4 Å². The number of hydrogen-bond acceptors (Lipinski definition) is 5. The lowest BCUT2D eigenvalue weighted by Crippen LogP contribution is -2.38. The zero-order valence-corrected chi connectivity index (χ0v) is 19.3. The highest BCUT2D eigenvalue weighted by atomic mass is 16.4. The van der Waals surface area contributed by atoms with E-state index in [1.807, 2.05) is 4.90 Å². The number of nitrogens with one attached hydrogen (secondary N) is 2. The zero-order valence-electron chi connectivity index (χ0n) is 19.3. The second-order valence-corrected chi connectivity index (χ2v) is 8.69. The number of piperidine rings is 1. The lowest BCUT2D eigenvalue weighted by Gasteiger charge is -2.34. The van der Waals surface area contributed by atoms with Crippen LogP contribution in [0.1, 0.15) is 42.1 Å². The number of carboxylic acids is 2. The van der Waals surface area contributed by atoms with Crippen LogP contribution in [0.3, 0.4) is 0 Å². The molecular formula is C25H31N5O4. The van der Waals surface area contributed by atoms with Crippen LogP contribution in [0.25, 0.3) is 11.1 Å². The molecule has 1 saturated heterocycles. The van der Waals surface area contributed by atoms with Gasteiger partial charge in [0.05, 0.1) is 11.4 Å². The average molecular weight is 466 g/mol. The number of anilines is 1. The molecule has 1 aliphatic rings. The number of rotatable bonds is 9. The molecule has 0 atom stereocenters. The molecule has 2 aromatic carbocycles. The van der Waals surface area contributed by atoms with Gasteiger partial charge in [0, 0.05) is 30.9 Å². The zero-order chi connectivity index (χ0) is 24.8. The van der Waals surface area contributed by atoms with Crippen LogP contribution >= 0.6 is 0 Å². The molecule has 9 nitrogen and oxygen atoms in total. The number of carbonyl (C=O) groups is 2. The van der Waals surface area contributed by atoms with E-state index in [1.54, 1.807) is 48.2 Å². The number of nitrogens with two attached hydrogens (primary N) is 1. The summed E-state index contributed by atoms with van der Waals surface area (Å²) in [6.45, 7) is 3.67. The van der Waals surface area contributed by atoms with Crippen LogP contribution < -0.4 is 10.6 Å². The molecule has 0 amide bonds. The van der Waals surface area contributed by atoms with E-state index in [2.05, 4.69) is 0 Å². The van der Waals surface area contributed by atoms with E-state index in [4.69, 9.17) is 16.6 Å². The fraction of sp³-hybridized carbons (Fsp3) is 0.360. The smallest absolute Gasteiger partial charge is 0.335 e. The maximum Gasteiger partial charge on any atom is 0.335 e. The van der Waals surface area contributed by atoms with E-state index in [-0.39, 0.29) is 17.9 Å². The molecule has 34 heavy (non-hydrogen) atoms. The SMILES string of the molecule is CC(=N)N1CCC(CCN(CC(=O)O)c2cc(C(=O)O)cc(-c3cccc(C(=N)N)c3)c2)CC1. The maximum absolute atomic E-state index is 11.8. The van der Waals surface area contributed by atoms with Gasteiger partial charge in [-0.2, -0.15) is 0 Å². The first-order valence-electron chi connectivity index (χ1n) is 11.2. The highest BCUT2D eigenvalue weighted by Crippen LogP contribution is 2.29. The molecule has 3 rings (SSSR count). The largest absolute Gasteiger partial charge is 0.480 e. The number of hydrogen-bond donors (Lipinski definition) is 5. The van der Waals surface area contributed by atoms with Crippen molar-refractivity contribution in [1.82, 2.24) is 4.90 Å². The van der Waals surface area contributed by atoms with Gasteiger partial charge in [0.1, 0.15) is 12.4 Å². The van der Waals surface area contributed by atoms with Crippen molar-refractivity contribution in [3.05, 3.63) is 53.6 Å². The number of likely N-dealkylation sites (tertiary alicyclic amines) is 1. The predicted octanol–water partition coefficient (Wildman–Crippen LogP) is 3.33. The fourth-order valence-electron chi connectivity index (χ4n) is 4.31. The Morgan fingerprint density at radius 2 is 1.74 bits per heavy atom. The Morgan fingerprint density at radius 3 is 2.32 bits per heavy atom. The molecule has 0 aliphatic carbocycles. The maximum atomic E-state index is 11.8. The summed E-state index contributed by atoms with van der Waals surface area (Å²) in [6.07, 6.45) is 2.66. The Hall–Kier alpha value is -3.88. The molecule has 0 unspecified atom stereocenters. The van der Waals surface area contributed by atoms with Gasteiger partial charge in [0.2, 0.25) is 0 Å². The van der Waals surface area contributed by atoms with Crippen molar-refractivity contribution in [2.75, 3.05) is 31.1 Å². The summed E-state index contributed by atoms with van der Waals surface area (Å²) in [5.41, 5.74) is 8.03. The fourth-order valence-corrected chi connectivity index (χ4v) is 4.31. The second-order valence-electron chi connectivity index (χ2n) is 8.69. The van der Waals surface area contributed by atoms with Crippen LogP contribution in [0.15, 0.2) is 42.5 Å². The summed E-state index contributed by atoms with van der Waals surface area (Å²) in [7, 11) is 0. The first-order valence-corrected chi connectivity index (χ1v) is 11.2. The standard InChI is InChI=1S/C25H31N5O4/c1-16(26)29-8-5-17(6-9-29)7-10-30(15-23(31)32)22-13-20(12-21(14-22)25(33)34)18-3-2-4-19(11-18)24(27)28/h2-4,11-14,17,26H,5-10,15H2,1H3,(H3,27,28)(H,31,32)(H,33,34). The van der Waals surface area contributed by atoms with Crippen molar-refractivity contribution in [3.8, 4) is 11.1 Å². The Morgan fingerprint density at radius 1 is 1.06 bits per heavy atom. The summed E-state index contributed by atoms with van der Waals surface area (Å²) >= 11 is 0. The van der Waals surface area contributed by atoms with Gasteiger partial charge in [-0.1, -0.05) is 18.2 Å². The van der Waals surface area contributed by atoms with Crippen molar-refractivity contribution in [2.45, 2.75) is 26.2 Å². The molecule has 180 valence electrons. The molecule has 1 fully saturated rings. The topological polar surface area (TPSA) is 155 Å². The monoisotopic (exact) mass is 465 g/mol. The Kier molecular flexibility index (Phi) is 7.88. The van der Waals surface area contributed by atoms with Gasteiger partial charge in [-0.25, -0.2) is 4.79 Å². The molecule has 0 saturated carbocycles. The van der Waals surface area contributed by atoms with Gasteiger partial charge in [0.15, 0.2) is 0 Å². The van der Waals surface area contributed by atoms with Gasteiger partial charge in [-0.3, -0.25) is 15.6 Å². The molecular weight excluding hydrogens is 434 g/mol. The number of nitrogens with zero attached hydrogens (tertiary/aromatic N) is 2. The van der Waals surface area contributed by atoms with Gasteiger partial charge in [-0.15, -0.1) is 0 Å². The number of benzene rings is 2. The lowest BCUT2D eigenvalue weighted by atomic mass is 9.93. The van der Waals surface area contributed by atoms with Crippen molar-refractivity contribution < 1.29 is 19.8 Å². The van der Waals surface area contributed by atoms with Crippen molar-refractivity contribution in [1.29, 1.82) is 10.8 Å². The highest BCUT2D eigenvalue weighted by molar-refractivity contribution is 5.97. The van der Waals surface area contributed by atoms with Crippen LogP contribution in [-0.4, -0.2) is 64.9 Å². The predicted molar refractivity (Wildman–Crippen MR) is 132 cm³/mol. The van der Waals surface area contributed by atoms with Crippen molar-refractivity contribution in [3.63, 3.8) is 0 Å². The van der Waals surface area contributed by atoms with Crippen molar-refractivity contribution >= 4 is 29.3 Å². The normalized spacial score (nSPS) is 14.0. The lowest BCUT2D eigenvalue weighted by molar-refractivity contribution is -0.135. The summed E-state index contributed by atoms with van der Waals surface area (Å²) in [5.74, 6) is -1.20. The molecule has 9 heteroatoms. The van der Waals surface area contributed by atoms with Gasteiger partial charge in [-0.05, 0) is 67.5 Å². The highest BCUT2D eigenvalue weighted by Gasteiger charge is 2.22. The van der Waals surface area contributed by atoms with Crippen molar-refractivity contribution in [2.24, 2.45) is 11.7 Å². The molecule has 0 aromatic heterocycles. The third kappa shape index (κ3) is 6.34. The van der Waals surface area contributed by atoms with Crippen LogP contribution in [0.4, 0.5) is 5.69 Å². The number of aliphatic carboxylic acids is 1. The summed E-state index contributed by atoms with van der Waals surface area (Å²) in [4.78, 5) is 27.2. The third-order valence-electron chi connectivity index (χ3n) is 6.26. The third-order valence-corrected chi connectivity index (χ3v) is 6.26. The molecule has 2 aromatic rings. The molecule has 0 spiro atoms. The minimum Gasteiger partial charge on any atom is -0.480 e. The average Bonchev–Trinajstić information content (AvgIpc) is 2.81. The number of aromatic carboxylic acids is 1. The first-order chi connectivity index (χ1) is 16.1. The number of carboxylic acid groups (broad SMARTS) is 2. The Balaban J connectivity index is 1.87. The first kappa shape index (κ1) is 24.8. The van der Waals surface area contributed by atoms with Crippen LogP contribution in [0.5, 0.6) is 0 Å². The van der Waals surface area contributed by atoms with E-state index in [1.165, 1.54) is 6.07 Å². The second kappa shape index (κ2) is 10.8. The van der Waals surface area contributed by atoms with Gasteiger partial charge in [0.25, 0.3) is 0 Å². The van der Waals surface area contributed by atoms with E-state index in [9.17, 15) is 19.8 Å². The van der Waals surface area contributed by atoms with Gasteiger partial charge < -0.3 is 25.7 Å². The summed E-state index contributed by atoms with van der Waals surface area (Å²) in [6, 6.07) is 11.8. The molecule has 0 radical (unpaired) electrons. The van der Waals surface area contributed by atoms with Crippen LogP contribution in [0, 0.1) is 16.7 Å². The minimum absolute atomic E-state index is 0.0610. The Bertz CT molecular complexity index is 1090. The summed E-state index contributed by atoms with van der Waals surface area (Å²) in [5, 5.41) is 34.7. The van der Waals surface area contributed by atoms with E-state index < -0.39 is 11.9 Å². The Labute approximate surface area is 198 Å². The summed E-state index contributed by atoms with van der Waals surface area (Å²) < 4.78 is 0. The van der Waals surface area contributed by atoms with Gasteiger partial charge >= 0.3 is 11.9 Å². The molecule has 0 bridgehead atoms. The molecule has 6 N–H and O–H groups in total. The minimum atomic E-state index is -1.10. The van der Waals surface area contributed by atoms with Crippen LogP contribution in [0.2, 0.25) is 0 Å². The van der Waals surface area contributed by atoms with E-state index >= 15 is 0 Å². The van der Waals surface area contributed by atoms with Crippen LogP contribution in [-0.2, 0) is 4.79 Å². The van der Waals surface area contributed by atoms with E-state index in [0.29, 0.717) is 40.7 Å². The number of amidine groups is 2. The molecule has 1 heterocycles. The molecule has 1 aliphatic heterocycles. The quantitative estimate of drug-likeness (QED) is 0.281.